The van der Waals surface area contributed by atoms with Gasteiger partial charge in [0, 0.05) is 49.8 Å². The molecule has 1 saturated heterocycles. The Morgan fingerprint density at radius 1 is 1.00 bits per heavy atom. The Labute approximate surface area is 202 Å². The first-order valence-corrected chi connectivity index (χ1v) is 11.4. The highest BCUT2D eigenvalue weighted by Crippen LogP contribution is 2.37. The monoisotopic (exact) mass is 483 g/mol. The molecule has 5 rings (SSSR count). The average molecular weight is 484 g/mol. The minimum absolute atomic E-state index is 0.0124. The molecule has 1 aromatic heterocycles. The van der Waals surface area contributed by atoms with E-state index in [1.165, 1.54) is 16.8 Å². The summed E-state index contributed by atoms with van der Waals surface area (Å²) in [5.41, 5.74) is 2.90. The molecule has 2 aromatic carbocycles. The van der Waals surface area contributed by atoms with Crippen molar-refractivity contribution >= 4 is 52.0 Å². The number of rotatable bonds is 4. The van der Waals surface area contributed by atoms with Gasteiger partial charge in [-0.3, -0.25) is 9.69 Å². The number of hydrogen-bond donors (Lipinski definition) is 1. The number of anilines is 4. The Hall–Kier alpha value is -3.00. The predicted molar refractivity (Wildman–Crippen MR) is 132 cm³/mol. The van der Waals surface area contributed by atoms with Gasteiger partial charge in [-0.2, -0.15) is 0 Å². The minimum Gasteiger partial charge on any atom is -0.472 e. The third-order valence-corrected chi connectivity index (χ3v) is 6.52. The van der Waals surface area contributed by atoms with Crippen LogP contribution in [0.4, 0.5) is 22.9 Å². The molecule has 3 heterocycles. The van der Waals surface area contributed by atoms with E-state index >= 15 is 0 Å². The van der Waals surface area contributed by atoms with Crippen molar-refractivity contribution in [1.82, 2.24) is 9.88 Å². The van der Waals surface area contributed by atoms with E-state index in [1.54, 1.807) is 24.3 Å². The summed E-state index contributed by atoms with van der Waals surface area (Å²) in [4.78, 5) is 23.6. The number of ether oxygens (including phenoxy) is 1. The van der Waals surface area contributed by atoms with Crippen molar-refractivity contribution in [3.05, 3.63) is 70.3 Å². The van der Waals surface area contributed by atoms with Crippen molar-refractivity contribution in [2.75, 3.05) is 55.1 Å². The number of amides is 1. The minimum atomic E-state index is -0.262. The molecule has 1 fully saturated rings. The summed E-state index contributed by atoms with van der Waals surface area (Å²) < 4.78 is 5.85. The summed E-state index contributed by atoms with van der Waals surface area (Å²) in [5, 5.41) is 4.05. The van der Waals surface area contributed by atoms with Gasteiger partial charge in [-0.15, -0.1) is 0 Å². The second-order valence-electron chi connectivity index (χ2n) is 8.10. The first-order valence-electron chi connectivity index (χ1n) is 10.7. The van der Waals surface area contributed by atoms with Gasteiger partial charge < -0.3 is 19.9 Å². The van der Waals surface area contributed by atoms with E-state index in [-0.39, 0.29) is 12.6 Å². The van der Waals surface area contributed by atoms with Crippen LogP contribution in [0.15, 0.2) is 54.7 Å². The maximum Gasteiger partial charge on any atom is 0.266 e. The molecule has 7 nitrogen and oxygen atoms in total. The molecule has 2 aliphatic heterocycles. The largest absolute Gasteiger partial charge is 0.472 e. The summed E-state index contributed by atoms with van der Waals surface area (Å²) in [6.45, 7) is 4.20. The highest BCUT2D eigenvalue weighted by atomic mass is 35.5. The molecule has 0 radical (unpaired) electrons. The number of carbonyl (C=O) groups excluding carboxylic acids is 1. The second-order valence-corrected chi connectivity index (χ2v) is 8.92. The lowest BCUT2D eigenvalue weighted by Gasteiger charge is -2.34. The first-order chi connectivity index (χ1) is 16.0. The quantitative estimate of drug-likeness (QED) is 0.570. The van der Waals surface area contributed by atoms with Gasteiger partial charge in [0.1, 0.15) is 17.1 Å². The van der Waals surface area contributed by atoms with E-state index in [9.17, 15) is 4.79 Å². The molecular weight excluding hydrogens is 461 g/mol. The summed E-state index contributed by atoms with van der Waals surface area (Å²) >= 11 is 12.5. The van der Waals surface area contributed by atoms with Gasteiger partial charge in [-0.1, -0.05) is 29.3 Å². The number of fused-ring (bicyclic) bond motifs is 1. The van der Waals surface area contributed by atoms with E-state index in [0.717, 1.165) is 31.9 Å². The smallest absolute Gasteiger partial charge is 0.266 e. The van der Waals surface area contributed by atoms with Crippen molar-refractivity contribution in [3.63, 3.8) is 0 Å². The topological polar surface area (TPSA) is 60.9 Å². The standard InChI is InChI=1S/C24H23Cl2N5O2/c1-29-9-11-30(12-10-29)17-7-5-16(6-8-17)28-22-13-21-18(14-27-22)24(32)31(15-33-21)23-19(25)3-2-4-20(23)26/h2-8,13-14H,9-12,15H2,1H3,(H,27,28). The number of aromatic nitrogens is 1. The lowest BCUT2D eigenvalue weighted by atomic mass is 10.1. The number of likely N-dealkylation sites (N-methyl/N-ethyl adjacent to an activating group) is 1. The fraction of sp³-hybridized carbons (Fsp3) is 0.250. The zero-order chi connectivity index (χ0) is 22.9. The third-order valence-electron chi connectivity index (χ3n) is 5.91. The maximum atomic E-state index is 13.1. The normalized spacial score (nSPS) is 16.4. The van der Waals surface area contributed by atoms with Crippen LogP contribution in [0.1, 0.15) is 10.4 Å². The number of nitrogens with zero attached hydrogens (tertiary/aromatic N) is 4. The van der Waals surface area contributed by atoms with Crippen LogP contribution in [0, 0.1) is 0 Å². The molecule has 9 heteroatoms. The van der Waals surface area contributed by atoms with E-state index in [4.69, 9.17) is 27.9 Å². The van der Waals surface area contributed by atoms with E-state index in [2.05, 4.69) is 39.3 Å². The zero-order valence-electron chi connectivity index (χ0n) is 18.1. The van der Waals surface area contributed by atoms with Gasteiger partial charge in [-0.05, 0) is 43.4 Å². The van der Waals surface area contributed by atoms with Crippen molar-refractivity contribution in [1.29, 1.82) is 0 Å². The molecule has 1 N–H and O–H groups in total. The summed E-state index contributed by atoms with van der Waals surface area (Å²) in [5.74, 6) is 0.797. The van der Waals surface area contributed by atoms with Gasteiger partial charge >= 0.3 is 0 Å². The number of halogens is 2. The lowest BCUT2D eigenvalue weighted by molar-refractivity contribution is 0.0936. The van der Waals surface area contributed by atoms with Crippen LogP contribution in [-0.4, -0.2) is 55.7 Å². The molecule has 1 amide bonds. The van der Waals surface area contributed by atoms with Crippen LogP contribution in [0.25, 0.3) is 0 Å². The van der Waals surface area contributed by atoms with Crippen molar-refractivity contribution in [3.8, 4) is 5.75 Å². The molecular formula is C24H23Cl2N5O2. The van der Waals surface area contributed by atoms with Crippen molar-refractivity contribution < 1.29 is 9.53 Å². The van der Waals surface area contributed by atoms with Crippen LogP contribution >= 0.6 is 23.2 Å². The average Bonchev–Trinajstić information content (AvgIpc) is 2.81. The lowest BCUT2D eigenvalue weighted by Crippen LogP contribution is -2.44. The van der Waals surface area contributed by atoms with Crippen LogP contribution in [-0.2, 0) is 0 Å². The van der Waals surface area contributed by atoms with Crippen molar-refractivity contribution in [2.45, 2.75) is 0 Å². The molecule has 0 aliphatic carbocycles. The van der Waals surface area contributed by atoms with E-state index < -0.39 is 0 Å². The molecule has 0 bridgehead atoms. The van der Waals surface area contributed by atoms with E-state index in [0.29, 0.717) is 32.9 Å². The van der Waals surface area contributed by atoms with Crippen LogP contribution in [0.5, 0.6) is 5.75 Å². The van der Waals surface area contributed by atoms with Crippen molar-refractivity contribution in [2.24, 2.45) is 0 Å². The Morgan fingerprint density at radius 3 is 2.39 bits per heavy atom. The van der Waals surface area contributed by atoms with Gasteiger partial charge in [0.05, 0.1) is 15.7 Å². The number of pyridine rings is 1. The molecule has 0 atom stereocenters. The van der Waals surface area contributed by atoms with Crippen LogP contribution in [0.2, 0.25) is 10.0 Å². The molecule has 0 unspecified atom stereocenters. The fourth-order valence-corrected chi connectivity index (χ4v) is 4.61. The molecule has 0 spiro atoms. The third kappa shape index (κ3) is 4.44. The maximum absolute atomic E-state index is 13.1. The first kappa shape index (κ1) is 21.8. The molecule has 170 valence electrons. The Balaban J connectivity index is 1.30. The summed E-state index contributed by atoms with van der Waals surface area (Å²) in [6.07, 6.45) is 1.51. The van der Waals surface area contributed by atoms with E-state index in [1.807, 2.05) is 12.1 Å². The number of piperazine rings is 1. The number of para-hydroxylation sites is 1. The number of hydrogen-bond acceptors (Lipinski definition) is 6. The van der Waals surface area contributed by atoms with Gasteiger partial charge in [0.2, 0.25) is 0 Å². The molecule has 2 aliphatic rings. The Morgan fingerprint density at radius 2 is 1.70 bits per heavy atom. The zero-order valence-corrected chi connectivity index (χ0v) is 19.6. The summed E-state index contributed by atoms with van der Waals surface area (Å²) in [7, 11) is 2.15. The van der Waals surface area contributed by atoms with Gasteiger partial charge in [0.15, 0.2) is 6.73 Å². The summed E-state index contributed by atoms with van der Waals surface area (Å²) in [6, 6.07) is 15.1. The molecule has 3 aromatic rings. The second kappa shape index (κ2) is 9.09. The number of benzene rings is 2. The van der Waals surface area contributed by atoms with Gasteiger partial charge in [0.25, 0.3) is 5.91 Å². The predicted octanol–water partition coefficient (Wildman–Crippen LogP) is 4.88. The Kier molecular flexibility index (Phi) is 6.01. The number of nitrogens with one attached hydrogen (secondary N) is 1. The molecule has 0 saturated carbocycles. The van der Waals surface area contributed by atoms with Crippen LogP contribution in [0.3, 0.4) is 0 Å². The Bertz CT molecular complexity index is 1160. The highest BCUT2D eigenvalue weighted by Gasteiger charge is 2.30. The van der Waals surface area contributed by atoms with Crippen LogP contribution < -0.4 is 19.9 Å². The number of carbonyl (C=O) groups is 1. The molecule has 33 heavy (non-hydrogen) atoms. The SMILES string of the molecule is CN1CCN(c2ccc(Nc3cc4c(cn3)C(=O)N(c3c(Cl)cccc3Cl)CO4)cc2)CC1. The highest BCUT2D eigenvalue weighted by molar-refractivity contribution is 6.40. The fourth-order valence-electron chi connectivity index (χ4n) is 4.00. The van der Waals surface area contributed by atoms with Gasteiger partial charge in [-0.25, -0.2) is 4.98 Å².